The Labute approximate surface area is 259 Å². The highest BCUT2D eigenvalue weighted by atomic mass is 32.2. The van der Waals surface area contributed by atoms with Gasteiger partial charge in [0.15, 0.2) is 4.87 Å². The first-order valence-corrected chi connectivity index (χ1v) is 16.9. The number of imide groups is 1. The van der Waals surface area contributed by atoms with E-state index in [9.17, 15) is 27.6 Å². The van der Waals surface area contributed by atoms with Gasteiger partial charge in [-0.3, -0.25) is 9.59 Å². The standard InChI is InChI=1S/C31H45N5O7S/c1-30(2,3)43-29(40)36(28(32)39)25-16-11-6-4-5-10-15-23-21-31(23,34-26(37)24-17-12-20-35(24)27(25)38)44(41,42)33-19-18-22-13-8-7-9-14-22/h7-10,13-15,23-25,33H,4-6,11-12,16-21H2,1-3H3,(H2,32,39)(H,34,37)/b15-10-. The summed E-state index contributed by atoms with van der Waals surface area (Å²) in [6.45, 7) is 5.31. The Hall–Kier alpha value is -3.45. The Bertz CT molecular complexity index is 1360. The van der Waals surface area contributed by atoms with Crippen LogP contribution in [0.1, 0.15) is 77.7 Å². The zero-order chi connectivity index (χ0) is 32.1. The highest BCUT2D eigenvalue weighted by molar-refractivity contribution is 7.91. The molecule has 2 fully saturated rings. The molecule has 2 aliphatic heterocycles. The van der Waals surface area contributed by atoms with Gasteiger partial charge in [0.2, 0.25) is 21.8 Å². The Morgan fingerprint density at radius 3 is 2.52 bits per heavy atom. The zero-order valence-corrected chi connectivity index (χ0v) is 26.6. The maximum absolute atomic E-state index is 14.0. The molecule has 12 nitrogen and oxygen atoms in total. The molecule has 5 amide bonds. The summed E-state index contributed by atoms with van der Waals surface area (Å²) in [6, 6.07) is 6.16. The highest BCUT2D eigenvalue weighted by Gasteiger charge is 2.64. The van der Waals surface area contributed by atoms with Gasteiger partial charge in [0, 0.05) is 19.0 Å². The van der Waals surface area contributed by atoms with E-state index in [-0.39, 0.29) is 25.9 Å². The summed E-state index contributed by atoms with van der Waals surface area (Å²) in [5, 5.41) is 2.81. The maximum Gasteiger partial charge on any atom is 0.419 e. The molecule has 4 rings (SSSR count). The van der Waals surface area contributed by atoms with Crippen molar-refractivity contribution in [1.29, 1.82) is 0 Å². The van der Waals surface area contributed by atoms with Crippen LogP contribution in [0.15, 0.2) is 42.5 Å². The lowest BCUT2D eigenvalue weighted by Crippen LogP contribution is -2.59. The number of urea groups is 1. The predicted octanol–water partition coefficient (Wildman–Crippen LogP) is 3.18. The largest absolute Gasteiger partial charge is 0.443 e. The molecule has 0 spiro atoms. The van der Waals surface area contributed by atoms with Crippen LogP contribution in [0.3, 0.4) is 0 Å². The van der Waals surface area contributed by atoms with Crippen molar-refractivity contribution >= 4 is 34.0 Å². The normalized spacial score (nSPS) is 27.2. The number of amides is 5. The summed E-state index contributed by atoms with van der Waals surface area (Å²) in [6.07, 6.45) is 7.06. The number of nitrogens with zero attached hydrogens (tertiary/aromatic N) is 2. The monoisotopic (exact) mass is 631 g/mol. The molecule has 4 unspecified atom stereocenters. The molecule has 242 valence electrons. The average molecular weight is 632 g/mol. The van der Waals surface area contributed by atoms with Gasteiger partial charge in [-0.2, -0.15) is 0 Å². The van der Waals surface area contributed by atoms with E-state index in [1.807, 2.05) is 42.5 Å². The van der Waals surface area contributed by atoms with Crippen LogP contribution in [0, 0.1) is 5.92 Å². The van der Waals surface area contributed by atoms with Crippen LogP contribution in [-0.2, 0) is 30.8 Å². The SMILES string of the molecule is CC(C)(C)OC(=O)N(C(N)=O)C1CCCCC/C=C\C2CC2(S(=O)(=O)NCCc2ccccc2)NC(=O)C2CCCN2C1=O. The highest BCUT2D eigenvalue weighted by Crippen LogP contribution is 2.49. The van der Waals surface area contributed by atoms with Crippen molar-refractivity contribution in [3.8, 4) is 0 Å². The van der Waals surface area contributed by atoms with Crippen molar-refractivity contribution in [2.45, 2.75) is 101 Å². The molecule has 4 N–H and O–H groups in total. The van der Waals surface area contributed by atoms with Gasteiger partial charge in [0.05, 0.1) is 0 Å². The van der Waals surface area contributed by atoms with Gasteiger partial charge in [-0.1, -0.05) is 55.3 Å². The number of nitrogens with two attached hydrogens (primary N) is 1. The lowest BCUT2D eigenvalue weighted by Gasteiger charge is -2.34. The average Bonchev–Trinajstić information content (AvgIpc) is 3.41. The number of sulfonamides is 1. The third-order valence-corrected chi connectivity index (χ3v) is 10.4. The molecule has 1 aromatic carbocycles. The fourth-order valence-electron chi connectivity index (χ4n) is 5.98. The first-order valence-electron chi connectivity index (χ1n) is 15.4. The zero-order valence-electron chi connectivity index (χ0n) is 25.8. The number of nitrogens with one attached hydrogen (secondary N) is 2. The van der Waals surface area contributed by atoms with Gasteiger partial charge in [-0.15, -0.1) is 0 Å². The Morgan fingerprint density at radius 2 is 1.84 bits per heavy atom. The van der Waals surface area contributed by atoms with Crippen molar-refractivity contribution < 1.29 is 32.3 Å². The van der Waals surface area contributed by atoms with Crippen LogP contribution in [-0.4, -0.2) is 77.8 Å². The summed E-state index contributed by atoms with van der Waals surface area (Å²) in [5.74, 6) is -1.59. The van der Waals surface area contributed by atoms with E-state index in [2.05, 4.69) is 10.0 Å². The molecule has 2 heterocycles. The van der Waals surface area contributed by atoms with Crippen LogP contribution < -0.4 is 15.8 Å². The number of hydrogen-bond acceptors (Lipinski definition) is 7. The topological polar surface area (TPSA) is 168 Å². The molecule has 0 bridgehead atoms. The summed E-state index contributed by atoms with van der Waals surface area (Å²) in [5.41, 5.74) is 5.66. The maximum atomic E-state index is 14.0. The molecular weight excluding hydrogens is 586 g/mol. The molecular formula is C31H45N5O7S. The van der Waals surface area contributed by atoms with Crippen molar-refractivity contribution in [3.63, 3.8) is 0 Å². The predicted molar refractivity (Wildman–Crippen MR) is 164 cm³/mol. The molecule has 1 saturated heterocycles. The van der Waals surface area contributed by atoms with Crippen LogP contribution in [0.25, 0.3) is 0 Å². The summed E-state index contributed by atoms with van der Waals surface area (Å²) < 4.78 is 35.5. The second kappa shape index (κ2) is 13.7. The number of allylic oxidation sites excluding steroid dienone is 1. The number of rotatable bonds is 6. The van der Waals surface area contributed by atoms with E-state index in [1.54, 1.807) is 20.8 Å². The number of ether oxygens (including phenoxy) is 1. The molecule has 1 aromatic rings. The Morgan fingerprint density at radius 1 is 1.11 bits per heavy atom. The molecule has 44 heavy (non-hydrogen) atoms. The van der Waals surface area contributed by atoms with E-state index in [0.717, 1.165) is 12.0 Å². The van der Waals surface area contributed by atoms with Crippen LogP contribution in [0.4, 0.5) is 9.59 Å². The number of carbonyl (C=O) groups excluding carboxylic acids is 4. The lowest BCUT2D eigenvalue weighted by atomic mass is 10.0. The van der Waals surface area contributed by atoms with Crippen molar-refractivity contribution in [3.05, 3.63) is 48.0 Å². The number of fused-ring (bicyclic) bond motifs is 2. The molecule has 0 aromatic heterocycles. The quantitative estimate of drug-likeness (QED) is 0.405. The van der Waals surface area contributed by atoms with Gasteiger partial charge in [0.25, 0.3) is 0 Å². The second-order valence-corrected chi connectivity index (χ2v) is 14.8. The smallest absolute Gasteiger partial charge is 0.419 e. The minimum atomic E-state index is -4.00. The fourth-order valence-corrected chi connectivity index (χ4v) is 7.72. The third-order valence-electron chi connectivity index (χ3n) is 8.30. The fraction of sp³-hybridized carbons (Fsp3) is 0.613. The van der Waals surface area contributed by atoms with Gasteiger partial charge in [-0.25, -0.2) is 27.6 Å². The number of benzene rings is 1. The van der Waals surface area contributed by atoms with E-state index in [0.29, 0.717) is 43.4 Å². The van der Waals surface area contributed by atoms with Crippen LogP contribution in [0.5, 0.6) is 0 Å². The van der Waals surface area contributed by atoms with Gasteiger partial charge >= 0.3 is 12.1 Å². The van der Waals surface area contributed by atoms with Crippen molar-refractivity contribution in [2.24, 2.45) is 11.7 Å². The second-order valence-electron chi connectivity index (χ2n) is 12.8. The minimum Gasteiger partial charge on any atom is -0.443 e. The molecule has 13 heteroatoms. The van der Waals surface area contributed by atoms with Gasteiger partial charge < -0.3 is 20.7 Å². The first kappa shape index (κ1) is 33.4. The number of carbonyl (C=O) groups is 4. The number of primary amides is 1. The van der Waals surface area contributed by atoms with Gasteiger partial charge in [0.1, 0.15) is 17.7 Å². The Kier molecular flexibility index (Phi) is 10.4. The van der Waals surface area contributed by atoms with Crippen LogP contribution >= 0.6 is 0 Å². The first-order chi connectivity index (χ1) is 20.8. The number of hydrogen-bond donors (Lipinski definition) is 3. The van der Waals surface area contributed by atoms with Crippen molar-refractivity contribution in [1.82, 2.24) is 19.8 Å². The van der Waals surface area contributed by atoms with E-state index >= 15 is 0 Å². The third kappa shape index (κ3) is 7.79. The molecule has 4 atom stereocenters. The molecule has 1 saturated carbocycles. The van der Waals surface area contributed by atoms with E-state index in [1.165, 1.54) is 4.90 Å². The van der Waals surface area contributed by atoms with Gasteiger partial charge in [-0.05, 0) is 71.3 Å². The minimum absolute atomic E-state index is 0.155. The van der Waals surface area contributed by atoms with E-state index in [4.69, 9.17) is 10.5 Å². The Balaban J connectivity index is 1.59. The summed E-state index contributed by atoms with van der Waals surface area (Å²) in [7, 11) is -4.00. The van der Waals surface area contributed by atoms with Crippen molar-refractivity contribution in [2.75, 3.05) is 13.1 Å². The summed E-state index contributed by atoms with van der Waals surface area (Å²) >= 11 is 0. The summed E-state index contributed by atoms with van der Waals surface area (Å²) in [4.78, 5) is 53.9. The lowest BCUT2D eigenvalue weighted by molar-refractivity contribution is -0.142. The molecule has 0 radical (unpaired) electrons. The molecule has 3 aliphatic rings. The van der Waals surface area contributed by atoms with E-state index < -0.39 is 62.4 Å². The van der Waals surface area contributed by atoms with Crippen LogP contribution in [0.2, 0.25) is 0 Å². The molecule has 1 aliphatic carbocycles.